The van der Waals surface area contributed by atoms with Crippen molar-refractivity contribution < 1.29 is 9.90 Å². The maximum absolute atomic E-state index is 10.4. The second kappa shape index (κ2) is 4.35. The summed E-state index contributed by atoms with van der Waals surface area (Å²) in [6.07, 6.45) is -0.193. The number of nitrogens with two attached hydrogens (primary N) is 1. The number of carbonyl (C=O) groups is 1. The molecule has 5 nitrogen and oxygen atoms in total. The largest absolute Gasteiger partial charge is 0.481 e. The number of carboxylic acids is 1. The summed E-state index contributed by atoms with van der Waals surface area (Å²) in [5, 5.41) is 17.1. The first-order valence-corrected chi connectivity index (χ1v) is 3.98. The van der Waals surface area contributed by atoms with Crippen molar-refractivity contribution in [1.82, 2.24) is 4.98 Å². The third-order valence-corrected chi connectivity index (χ3v) is 1.66. The van der Waals surface area contributed by atoms with Gasteiger partial charge in [-0.05, 0) is 12.1 Å². The normalized spacial score (nSPS) is 11.7. The predicted molar refractivity (Wildman–Crippen MR) is 48.1 cm³/mol. The van der Waals surface area contributed by atoms with Gasteiger partial charge in [0.2, 0.25) is 0 Å². The molecule has 1 atom stereocenters. The van der Waals surface area contributed by atoms with Gasteiger partial charge in [0.25, 0.3) is 0 Å². The number of aliphatic carboxylic acids is 1. The Morgan fingerprint density at radius 1 is 1.71 bits per heavy atom. The second-order valence-electron chi connectivity index (χ2n) is 2.76. The van der Waals surface area contributed by atoms with Crippen LogP contribution >= 0.6 is 0 Å². The number of hydrogen-bond acceptors (Lipinski definition) is 4. The topological polar surface area (TPSA) is 100 Å². The summed E-state index contributed by atoms with van der Waals surface area (Å²) in [6, 6.07) is 5.97. The molecule has 14 heavy (non-hydrogen) atoms. The van der Waals surface area contributed by atoms with Crippen LogP contribution in [-0.4, -0.2) is 16.1 Å². The van der Waals surface area contributed by atoms with Gasteiger partial charge >= 0.3 is 5.97 Å². The molecule has 1 rings (SSSR count). The molecular formula is C9H9N3O2. The fourth-order valence-corrected chi connectivity index (χ4v) is 1.01. The lowest BCUT2D eigenvalue weighted by atomic mass is 10.1. The first-order chi connectivity index (χ1) is 6.63. The molecule has 0 unspecified atom stereocenters. The number of carboxylic acid groups (broad SMARTS) is 1. The maximum atomic E-state index is 10.4. The zero-order valence-corrected chi connectivity index (χ0v) is 7.34. The fraction of sp³-hybridized carbons (Fsp3) is 0.222. The van der Waals surface area contributed by atoms with Crippen LogP contribution in [0.2, 0.25) is 0 Å². The van der Waals surface area contributed by atoms with E-state index in [1.165, 1.54) is 6.07 Å². The Morgan fingerprint density at radius 2 is 2.43 bits per heavy atom. The third-order valence-electron chi connectivity index (χ3n) is 1.66. The quantitative estimate of drug-likeness (QED) is 0.721. The van der Waals surface area contributed by atoms with Gasteiger partial charge in [0.05, 0.1) is 18.2 Å². The Bertz CT molecular complexity index is 384. The molecule has 0 bridgehead atoms. The lowest BCUT2D eigenvalue weighted by Crippen LogP contribution is -2.16. The minimum Gasteiger partial charge on any atom is -0.481 e. The molecule has 72 valence electrons. The average Bonchev–Trinajstić information content (AvgIpc) is 2.17. The van der Waals surface area contributed by atoms with Crippen molar-refractivity contribution in [2.45, 2.75) is 12.5 Å². The number of nitrogens with zero attached hydrogens (tertiary/aromatic N) is 2. The van der Waals surface area contributed by atoms with Gasteiger partial charge in [-0.3, -0.25) is 4.79 Å². The number of nitriles is 1. The molecule has 0 aliphatic heterocycles. The highest BCUT2D eigenvalue weighted by atomic mass is 16.4. The molecule has 0 saturated heterocycles. The summed E-state index contributed by atoms with van der Waals surface area (Å²) in [6.45, 7) is 0. The first kappa shape index (κ1) is 10.2. The third kappa shape index (κ3) is 2.54. The zero-order valence-electron chi connectivity index (χ0n) is 7.34. The monoisotopic (exact) mass is 191 g/mol. The summed E-state index contributed by atoms with van der Waals surface area (Å²) in [5.74, 6) is -0.985. The van der Waals surface area contributed by atoms with Crippen LogP contribution in [0.1, 0.15) is 23.9 Å². The predicted octanol–water partition coefficient (Wildman–Crippen LogP) is 0.428. The molecule has 0 aromatic carbocycles. The van der Waals surface area contributed by atoms with Crippen LogP contribution in [0.25, 0.3) is 0 Å². The van der Waals surface area contributed by atoms with Gasteiger partial charge in [-0.15, -0.1) is 0 Å². The van der Waals surface area contributed by atoms with E-state index in [2.05, 4.69) is 4.98 Å². The SMILES string of the molecule is N#Cc1cccc([C@H](N)CC(=O)O)n1. The molecule has 0 radical (unpaired) electrons. The Labute approximate surface area is 80.8 Å². The molecule has 3 N–H and O–H groups in total. The van der Waals surface area contributed by atoms with E-state index in [0.29, 0.717) is 5.69 Å². The van der Waals surface area contributed by atoms with Gasteiger partial charge in [0, 0.05) is 0 Å². The summed E-state index contributed by atoms with van der Waals surface area (Å²) in [7, 11) is 0. The first-order valence-electron chi connectivity index (χ1n) is 3.98. The number of aromatic nitrogens is 1. The van der Waals surface area contributed by atoms with E-state index in [1.807, 2.05) is 6.07 Å². The number of pyridine rings is 1. The molecule has 5 heteroatoms. The van der Waals surface area contributed by atoms with Crippen molar-refractivity contribution in [3.05, 3.63) is 29.6 Å². The van der Waals surface area contributed by atoms with Crippen molar-refractivity contribution in [2.75, 3.05) is 0 Å². The van der Waals surface area contributed by atoms with Crippen LogP contribution in [-0.2, 0) is 4.79 Å². The lowest BCUT2D eigenvalue weighted by molar-refractivity contribution is -0.137. The average molecular weight is 191 g/mol. The molecule has 1 heterocycles. The molecule has 0 saturated carbocycles. The van der Waals surface area contributed by atoms with Crippen LogP contribution in [0.5, 0.6) is 0 Å². The van der Waals surface area contributed by atoms with Gasteiger partial charge in [-0.2, -0.15) is 5.26 Å². The van der Waals surface area contributed by atoms with Crippen LogP contribution in [0.15, 0.2) is 18.2 Å². The van der Waals surface area contributed by atoms with Crippen LogP contribution in [0, 0.1) is 11.3 Å². The molecular weight excluding hydrogens is 182 g/mol. The van der Waals surface area contributed by atoms with Crippen LogP contribution in [0.4, 0.5) is 0 Å². The van der Waals surface area contributed by atoms with E-state index in [-0.39, 0.29) is 12.1 Å². The van der Waals surface area contributed by atoms with Gasteiger partial charge < -0.3 is 10.8 Å². The Morgan fingerprint density at radius 3 is 3.00 bits per heavy atom. The van der Waals surface area contributed by atoms with Crippen LogP contribution < -0.4 is 5.73 Å². The molecule has 0 spiro atoms. The minimum absolute atomic E-state index is 0.193. The molecule has 0 aliphatic carbocycles. The van der Waals surface area contributed by atoms with Gasteiger partial charge in [0.1, 0.15) is 11.8 Å². The number of hydrogen-bond donors (Lipinski definition) is 2. The molecule has 0 fully saturated rings. The molecule has 0 amide bonds. The standard InChI is InChI=1S/C9H9N3O2/c10-5-6-2-1-3-8(12-6)7(11)4-9(13)14/h1-3,7H,4,11H2,(H,13,14)/t7-/m1/s1. The maximum Gasteiger partial charge on any atom is 0.305 e. The Hall–Kier alpha value is -1.93. The summed E-state index contributed by atoms with van der Waals surface area (Å²) >= 11 is 0. The smallest absolute Gasteiger partial charge is 0.305 e. The summed E-state index contributed by atoms with van der Waals surface area (Å²) in [5.41, 5.74) is 6.23. The van der Waals surface area contributed by atoms with Crippen molar-refractivity contribution in [1.29, 1.82) is 5.26 Å². The van der Waals surface area contributed by atoms with Crippen molar-refractivity contribution in [3.8, 4) is 6.07 Å². The van der Waals surface area contributed by atoms with Crippen molar-refractivity contribution in [3.63, 3.8) is 0 Å². The highest BCUT2D eigenvalue weighted by Gasteiger charge is 2.11. The molecule has 0 aliphatic rings. The van der Waals surface area contributed by atoms with Crippen molar-refractivity contribution >= 4 is 5.97 Å². The molecule has 1 aromatic heterocycles. The van der Waals surface area contributed by atoms with Gasteiger partial charge in [0.15, 0.2) is 0 Å². The van der Waals surface area contributed by atoms with Crippen LogP contribution in [0.3, 0.4) is 0 Å². The zero-order chi connectivity index (χ0) is 10.6. The highest BCUT2D eigenvalue weighted by molar-refractivity contribution is 5.67. The second-order valence-corrected chi connectivity index (χ2v) is 2.76. The Kier molecular flexibility index (Phi) is 3.15. The minimum atomic E-state index is -0.985. The van der Waals surface area contributed by atoms with E-state index < -0.39 is 12.0 Å². The number of rotatable bonds is 3. The van der Waals surface area contributed by atoms with E-state index >= 15 is 0 Å². The van der Waals surface area contributed by atoms with Gasteiger partial charge in [-0.25, -0.2) is 4.98 Å². The van der Waals surface area contributed by atoms with E-state index in [1.54, 1.807) is 12.1 Å². The molecule has 1 aromatic rings. The van der Waals surface area contributed by atoms with Gasteiger partial charge in [-0.1, -0.05) is 6.07 Å². The van der Waals surface area contributed by atoms with Crippen molar-refractivity contribution in [2.24, 2.45) is 5.73 Å². The highest BCUT2D eigenvalue weighted by Crippen LogP contribution is 2.11. The Balaban J connectivity index is 2.85. The van der Waals surface area contributed by atoms with E-state index in [0.717, 1.165) is 0 Å². The summed E-state index contributed by atoms with van der Waals surface area (Å²) in [4.78, 5) is 14.3. The fourth-order valence-electron chi connectivity index (χ4n) is 1.01. The van der Waals surface area contributed by atoms with E-state index in [4.69, 9.17) is 16.1 Å². The lowest BCUT2D eigenvalue weighted by Gasteiger charge is -2.07. The van der Waals surface area contributed by atoms with E-state index in [9.17, 15) is 4.79 Å². The summed E-state index contributed by atoms with van der Waals surface area (Å²) < 4.78 is 0.